The van der Waals surface area contributed by atoms with Gasteiger partial charge in [-0.1, -0.05) is 12.1 Å². The van der Waals surface area contributed by atoms with E-state index in [1.54, 1.807) is 34.6 Å². The highest BCUT2D eigenvalue weighted by molar-refractivity contribution is 7.98. The molecular weight excluding hydrogens is 313 g/mol. The van der Waals surface area contributed by atoms with Crippen molar-refractivity contribution in [2.75, 3.05) is 6.26 Å². The van der Waals surface area contributed by atoms with Crippen LogP contribution in [0, 0.1) is 5.82 Å². The molecule has 116 valence electrons. The van der Waals surface area contributed by atoms with Crippen molar-refractivity contribution in [1.82, 2.24) is 9.78 Å². The molecule has 4 nitrogen and oxygen atoms in total. The number of benzene rings is 2. The van der Waals surface area contributed by atoms with Crippen molar-refractivity contribution in [3.8, 4) is 16.9 Å². The van der Waals surface area contributed by atoms with E-state index in [9.17, 15) is 9.18 Å². The molecule has 0 radical (unpaired) electrons. The highest BCUT2D eigenvalue weighted by atomic mass is 32.2. The molecule has 1 aromatic heterocycles. The molecule has 1 heterocycles. The van der Waals surface area contributed by atoms with Gasteiger partial charge in [-0.3, -0.25) is 4.79 Å². The molecule has 0 spiro atoms. The summed E-state index contributed by atoms with van der Waals surface area (Å²) in [7, 11) is 0. The monoisotopic (exact) mass is 327 g/mol. The molecule has 1 amide bonds. The van der Waals surface area contributed by atoms with Crippen molar-refractivity contribution in [1.29, 1.82) is 0 Å². The van der Waals surface area contributed by atoms with Gasteiger partial charge in [-0.15, -0.1) is 11.8 Å². The van der Waals surface area contributed by atoms with E-state index < -0.39 is 5.91 Å². The van der Waals surface area contributed by atoms with Crippen molar-refractivity contribution < 1.29 is 9.18 Å². The molecule has 0 aliphatic carbocycles. The number of carbonyl (C=O) groups is 1. The zero-order valence-electron chi connectivity index (χ0n) is 12.4. The van der Waals surface area contributed by atoms with Gasteiger partial charge in [0.15, 0.2) is 5.69 Å². The van der Waals surface area contributed by atoms with Crippen molar-refractivity contribution >= 4 is 17.7 Å². The van der Waals surface area contributed by atoms with E-state index in [-0.39, 0.29) is 11.5 Å². The van der Waals surface area contributed by atoms with Crippen LogP contribution in [-0.2, 0) is 0 Å². The molecule has 0 atom stereocenters. The molecule has 0 saturated heterocycles. The van der Waals surface area contributed by atoms with Crippen LogP contribution in [0.4, 0.5) is 4.39 Å². The normalized spacial score (nSPS) is 10.7. The van der Waals surface area contributed by atoms with Crippen molar-refractivity contribution in [2.24, 2.45) is 5.73 Å². The number of hydrogen-bond acceptors (Lipinski definition) is 3. The Labute approximate surface area is 137 Å². The number of aromatic nitrogens is 2. The van der Waals surface area contributed by atoms with E-state index in [0.717, 1.165) is 16.2 Å². The molecule has 0 aliphatic rings. The summed E-state index contributed by atoms with van der Waals surface area (Å²) in [5, 5.41) is 4.24. The predicted octanol–water partition coefficient (Wildman–Crippen LogP) is 3.50. The first-order valence-corrected chi connectivity index (χ1v) is 8.11. The van der Waals surface area contributed by atoms with Gasteiger partial charge >= 0.3 is 0 Å². The molecule has 23 heavy (non-hydrogen) atoms. The van der Waals surface area contributed by atoms with E-state index in [4.69, 9.17) is 5.73 Å². The van der Waals surface area contributed by atoms with Gasteiger partial charge in [-0.2, -0.15) is 5.10 Å². The van der Waals surface area contributed by atoms with Crippen LogP contribution < -0.4 is 5.73 Å². The van der Waals surface area contributed by atoms with Crippen LogP contribution >= 0.6 is 11.8 Å². The summed E-state index contributed by atoms with van der Waals surface area (Å²) in [5.74, 6) is -0.935. The largest absolute Gasteiger partial charge is 0.364 e. The van der Waals surface area contributed by atoms with E-state index in [1.165, 1.54) is 12.1 Å². The second kappa shape index (κ2) is 6.26. The summed E-state index contributed by atoms with van der Waals surface area (Å²) < 4.78 is 14.7. The standard InChI is InChI=1S/C17H14FN3OS/c1-23-14-8-2-11(3-9-14)16-10-15(17(19)22)20-21(16)13-6-4-12(18)5-7-13/h2-10H,1H3,(H2,19,22). The SMILES string of the molecule is CSc1ccc(-c2cc(C(N)=O)nn2-c2ccc(F)cc2)cc1. The lowest BCUT2D eigenvalue weighted by molar-refractivity contribution is 0.0995. The minimum atomic E-state index is -0.604. The Kier molecular flexibility index (Phi) is 4.16. The molecule has 3 rings (SSSR count). The maximum absolute atomic E-state index is 13.1. The van der Waals surface area contributed by atoms with Gasteiger partial charge in [-0.05, 0) is 48.7 Å². The fourth-order valence-electron chi connectivity index (χ4n) is 2.25. The Hall–Kier alpha value is -2.60. The van der Waals surface area contributed by atoms with Crippen LogP contribution in [-0.4, -0.2) is 21.9 Å². The first kappa shape index (κ1) is 15.3. The third-order valence-electron chi connectivity index (χ3n) is 3.42. The molecule has 2 N–H and O–H groups in total. The Morgan fingerprint density at radius 1 is 1.13 bits per heavy atom. The van der Waals surface area contributed by atoms with Gasteiger partial charge in [0.1, 0.15) is 5.82 Å². The Morgan fingerprint density at radius 3 is 2.35 bits per heavy atom. The van der Waals surface area contributed by atoms with Crippen molar-refractivity contribution in [3.05, 3.63) is 66.1 Å². The first-order valence-electron chi connectivity index (χ1n) is 6.89. The van der Waals surface area contributed by atoms with Gasteiger partial charge in [0.2, 0.25) is 0 Å². The lowest BCUT2D eigenvalue weighted by Gasteiger charge is -2.08. The molecule has 6 heteroatoms. The van der Waals surface area contributed by atoms with Gasteiger partial charge in [-0.25, -0.2) is 9.07 Å². The van der Waals surface area contributed by atoms with Crippen LogP contribution in [0.15, 0.2) is 59.5 Å². The number of carbonyl (C=O) groups excluding carboxylic acids is 1. The van der Waals surface area contributed by atoms with Gasteiger partial charge < -0.3 is 5.73 Å². The van der Waals surface area contributed by atoms with E-state index >= 15 is 0 Å². The Balaban J connectivity index is 2.13. The number of amides is 1. The van der Waals surface area contributed by atoms with Gasteiger partial charge in [0, 0.05) is 10.5 Å². The van der Waals surface area contributed by atoms with Crippen LogP contribution in [0.2, 0.25) is 0 Å². The molecule has 0 bridgehead atoms. The summed E-state index contributed by atoms with van der Waals surface area (Å²) >= 11 is 1.65. The number of halogens is 1. The number of hydrogen-bond donors (Lipinski definition) is 1. The fourth-order valence-corrected chi connectivity index (χ4v) is 2.66. The van der Waals surface area contributed by atoms with Crippen molar-refractivity contribution in [3.63, 3.8) is 0 Å². The second-order valence-corrected chi connectivity index (χ2v) is 5.78. The lowest BCUT2D eigenvalue weighted by atomic mass is 10.1. The summed E-state index contributed by atoms with van der Waals surface area (Å²) in [5.41, 5.74) is 7.78. The van der Waals surface area contributed by atoms with Gasteiger partial charge in [0.25, 0.3) is 5.91 Å². The van der Waals surface area contributed by atoms with Crippen LogP contribution in [0.5, 0.6) is 0 Å². The molecule has 0 saturated carbocycles. The molecular formula is C17H14FN3OS. The maximum Gasteiger partial charge on any atom is 0.269 e. The fraction of sp³-hybridized carbons (Fsp3) is 0.0588. The van der Waals surface area contributed by atoms with Crippen LogP contribution in [0.3, 0.4) is 0 Å². The first-order chi connectivity index (χ1) is 11.1. The average molecular weight is 327 g/mol. The summed E-state index contributed by atoms with van der Waals surface area (Å²) in [6, 6.07) is 15.4. The minimum absolute atomic E-state index is 0.165. The zero-order valence-corrected chi connectivity index (χ0v) is 13.2. The number of nitrogens with two attached hydrogens (primary N) is 1. The summed E-state index contributed by atoms with van der Waals surface area (Å²) in [4.78, 5) is 12.6. The van der Waals surface area contributed by atoms with Crippen LogP contribution in [0.25, 0.3) is 16.9 Å². The number of thioether (sulfide) groups is 1. The summed E-state index contributed by atoms with van der Waals surface area (Å²) in [6.45, 7) is 0. The molecule has 2 aromatic carbocycles. The molecule has 0 aliphatic heterocycles. The van der Waals surface area contributed by atoms with E-state index in [1.807, 2.05) is 30.5 Å². The molecule has 0 unspecified atom stereocenters. The van der Waals surface area contributed by atoms with Crippen molar-refractivity contribution in [2.45, 2.75) is 4.90 Å². The smallest absolute Gasteiger partial charge is 0.269 e. The lowest BCUT2D eigenvalue weighted by Crippen LogP contribution is -2.12. The average Bonchev–Trinajstić information content (AvgIpc) is 3.01. The van der Waals surface area contributed by atoms with E-state index in [2.05, 4.69) is 5.10 Å². The third-order valence-corrected chi connectivity index (χ3v) is 4.16. The minimum Gasteiger partial charge on any atom is -0.364 e. The highest BCUT2D eigenvalue weighted by Crippen LogP contribution is 2.26. The Bertz CT molecular complexity index is 841. The number of primary amides is 1. The zero-order chi connectivity index (χ0) is 16.4. The maximum atomic E-state index is 13.1. The molecule has 3 aromatic rings. The quantitative estimate of drug-likeness (QED) is 0.746. The van der Waals surface area contributed by atoms with Crippen LogP contribution in [0.1, 0.15) is 10.5 Å². The topological polar surface area (TPSA) is 60.9 Å². The second-order valence-electron chi connectivity index (χ2n) is 4.90. The van der Waals surface area contributed by atoms with Gasteiger partial charge in [0.05, 0.1) is 11.4 Å². The molecule has 0 fully saturated rings. The van der Waals surface area contributed by atoms with E-state index in [0.29, 0.717) is 5.69 Å². The predicted molar refractivity (Wildman–Crippen MR) is 89.3 cm³/mol. The highest BCUT2D eigenvalue weighted by Gasteiger charge is 2.15. The summed E-state index contributed by atoms with van der Waals surface area (Å²) in [6.07, 6.45) is 2.00. The number of rotatable bonds is 4. The third kappa shape index (κ3) is 3.12. The number of nitrogens with zero attached hydrogens (tertiary/aromatic N) is 2. The Morgan fingerprint density at radius 2 is 1.78 bits per heavy atom.